The molecule has 2 nitrogen and oxygen atoms in total. The van der Waals surface area contributed by atoms with Crippen molar-refractivity contribution in [1.82, 2.24) is 0 Å². The highest BCUT2D eigenvalue weighted by atomic mass is 14.6. The van der Waals surface area contributed by atoms with E-state index in [1.54, 1.807) is 0 Å². The van der Waals surface area contributed by atoms with Crippen LogP contribution < -0.4 is 11.5 Å². The van der Waals surface area contributed by atoms with Crippen LogP contribution in [0.5, 0.6) is 0 Å². The summed E-state index contributed by atoms with van der Waals surface area (Å²) in [6.45, 7) is 2.28. The van der Waals surface area contributed by atoms with Crippen LogP contribution in [0, 0.1) is 0 Å². The van der Waals surface area contributed by atoms with E-state index >= 15 is 0 Å². The zero-order valence-corrected chi connectivity index (χ0v) is 15.3. The van der Waals surface area contributed by atoms with Gasteiger partial charge in [0.05, 0.1) is 0 Å². The van der Waals surface area contributed by atoms with Gasteiger partial charge < -0.3 is 11.5 Å². The summed E-state index contributed by atoms with van der Waals surface area (Å²) >= 11 is 0. The maximum Gasteiger partial charge on any atom is 0.0367 e. The molecule has 0 bridgehead atoms. The van der Waals surface area contributed by atoms with Crippen molar-refractivity contribution in [3.63, 3.8) is 0 Å². The van der Waals surface area contributed by atoms with Gasteiger partial charge in [0.15, 0.2) is 0 Å². The molecule has 0 fully saturated rings. The van der Waals surface area contributed by atoms with Gasteiger partial charge in [-0.25, -0.2) is 0 Å². The Morgan fingerprint density at radius 2 is 1.13 bits per heavy atom. The Hall–Kier alpha value is -1.18. The molecule has 0 aliphatic heterocycles. The standard InChI is InChI=1S/C21H38N2/c1-2-3-4-5-6-7-8-9-10-11-12-13-14-15-19-16-17-20(22)18-21(19)23/h16-18H,2-15,22-23H2,1H3. The second kappa shape index (κ2) is 13.3. The summed E-state index contributed by atoms with van der Waals surface area (Å²) in [6.07, 6.45) is 19.2. The van der Waals surface area contributed by atoms with Gasteiger partial charge in [-0.2, -0.15) is 0 Å². The number of anilines is 2. The van der Waals surface area contributed by atoms with Crippen molar-refractivity contribution in [1.29, 1.82) is 0 Å². The number of unbranched alkanes of at least 4 members (excludes halogenated alkanes) is 12. The molecular formula is C21H38N2. The van der Waals surface area contributed by atoms with Crippen LogP contribution in [0.15, 0.2) is 18.2 Å². The number of hydrogen-bond donors (Lipinski definition) is 2. The van der Waals surface area contributed by atoms with Crippen LogP contribution in [0.2, 0.25) is 0 Å². The predicted molar refractivity (Wildman–Crippen MR) is 105 cm³/mol. The lowest BCUT2D eigenvalue weighted by atomic mass is 10.0. The fourth-order valence-corrected chi connectivity index (χ4v) is 3.17. The SMILES string of the molecule is CCCCCCCCCCCCCCCc1ccc(N)cc1N. The number of nitrogens with two attached hydrogens (primary N) is 2. The molecule has 0 spiro atoms. The van der Waals surface area contributed by atoms with Crippen LogP contribution in [-0.2, 0) is 6.42 Å². The largest absolute Gasteiger partial charge is 0.399 e. The van der Waals surface area contributed by atoms with Crippen molar-refractivity contribution >= 4 is 11.4 Å². The first-order valence-electron chi connectivity index (χ1n) is 9.88. The molecule has 0 aliphatic rings. The van der Waals surface area contributed by atoms with Crippen molar-refractivity contribution < 1.29 is 0 Å². The molecule has 0 heterocycles. The fourth-order valence-electron chi connectivity index (χ4n) is 3.17. The van der Waals surface area contributed by atoms with Crippen LogP contribution in [0.25, 0.3) is 0 Å². The minimum atomic E-state index is 0.761. The summed E-state index contributed by atoms with van der Waals surface area (Å²) in [7, 11) is 0. The van der Waals surface area contributed by atoms with Gasteiger partial charge in [0, 0.05) is 11.4 Å². The Labute approximate surface area is 144 Å². The van der Waals surface area contributed by atoms with Gasteiger partial charge in [-0.3, -0.25) is 0 Å². The summed E-state index contributed by atoms with van der Waals surface area (Å²) in [4.78, 5) is 0. The van der Waals surface area contributed by atoms with E-state index in [1.807, 2.05) is 12.1 Å². The average molecular weight is 319 g/mol. The number of nitrogen functional groups attached to an aromatic ring is 2. The Morgan fingerprint density at radius 3 is 1.61 bits per heavy atom. The average Bonchev–Trinajstić information content (AvgIpc) is 2.53. The van der Waals surface area contributed by atoms with E-state index in [-0.39, 0.29) is 0 Å². The van der Waals surface area contributed by atoms with E-state index in [0.29, 0.717) is 0 Å². The highest BCUT2D eigenvalue weighted by Crippen LogP contribution is 2.19. The smallest absolute Gasteiger partial charge is 0.0367 e. The highest BCUT2D eigenvalue weighted by Gasteiger charge is 2.00. The first-order chi connectivity index (χ1) is 11.2. The molecule has 1 aromatic carbocycles. The fraction of sp³-hybridized carbons (Fsp3) is 0.714. The van der Waals surface area contributed by atoms with Crippen molar-refractivity contribution in [2.24, 2.45) is 0 Å². The molecule has 0 aromatic heterocycles. The summed E-state index contributed by atoms with van der Waals surface area (Å²) in [5.74, 6) is 0. The van der Waals surface area contributed by atoms with E-state index < -0.39 is 0 Å². The van der Waals surface area contributed by atoms with Gasteiger partial charge in [-0.05, 0) is 30.5 Å². The maximum atomic E-state index is 5.99. The van der Waals surface area contributed by atoms with Gasteiger partial charge in [0.25, 0.3) is 0 Å². The van der Waals surface area contributed by atoms with Crippen LogP contribution >= 0.6 is 0 Å². The number of benzene rings is 1. The maximum absolute atomic E-state index is 5.99. The van der Waals surface area contributed by atoms with Crippen LogP contribution in [0.4, 0.5) is 11.4 Å². The topological polar surface area (TPSA) is 52.0 Å². The van der Waals surface area contributed by atoms with Crippen molar-refractivity contribution in [3.05, 3.63) is 23.8 Å². The summed E-state index contributed by atoms with van der Waals surface area (Å²) in [5.41, 5.74) is 14.6. The third-order valence-corrected chi connectivity index (χ3v) is 4.72. The third kappa shape index (κ3) is 10.3. The van der Waals surface area contributed by atoms with Gasteiger partial charge in [-0.15, -0.1) is 0 Å². The molecule has 0 amide bonds. The summed E-state index contributed by atoms with van der Waals surface area (Å²) < 4.78 is 0. The second-order valence-electron chi connectivity index (χ2n) is 6.95. The van der Waals surface area contributed by atoms with Crippen molar-refractivity contribution in [2.75, 3.05) is 11.5 Å². The van der Waals surface area contributed by atoms with Gasteiger partial charge in [0.2, 0.25) is 0 Å². The van der Waals surface area contributed by atoms with Crippen molar-refractivity contribution in [2.45, 2.75) is 96.8 Å². The number of aryl methyl sites for hydroxylation is 1. The predicted octanol–water partition coefficient (Wildman–Crippen LogP) is 6.48. The van der Waals surface area contributed by atoms with E-state index in [2.05, 4.69) is 13.0 Å². The first-order valence-corrected chi connectivity index (χ1v) is 9.88. The van der Waals surface area contributed by atoms with E-state index in [4.69, 9.17) is 11.5 Å². The van der Waals surface area contributed by atoms with Crippen molar-refractivity contribution in [3.8, 4) is 0 Å². The summed E-state index contributed by atoms with van der Waals surface area (Å²) in [6, 6.07) is 5.90. The molecular weight excluding hydrogens is 280 g/mol. The molecule has 0 atom stereocenters. The molecule has 2 heteroatoms. The monoisotopic (exact) mass is 318 g/mol. The first kappa shape index (κ1) is 19.9. The molecule has 23 heavy (non-hydrogen) atoms. The lowest BCUT2D eigenvalue weighted by molar-refractivity contribution is 0.539. The molecule has 0 saturated carbocycles. The molecule has 0 unspecified atom stereocenters. The molecule has 0 saturated heterocycles. The van der Waals surface area contributed by atoms with Crippen LogP contribution in [0.3, 0.4) is 0 Å². The molecule has 0 aliphatic carbocycles. The van der Waals surface area contributed by atoms with Crippen LogP contribution in [-0.4, -0.2) is 0 Å². The van der Waals surface area contributed by atoms with E-state index in [9.17, 15) is 0 Å². The lowest BCUT2D eigenvalue weighted by Crippen LogP contribution is -1.96. The number of rotatable bonds is 14. The van der Waals surface area contributed by atoms with Gasteiger partial charge in [-0.1, -0.05) is 90.0 Å². The second-order valence-corrected chi connectivity index (χ2v) is 6.95. The lowest BCUT2D eigenvalue weighted by Gasteiger charge is -2.06. The van der Waals surface area contributed by atoms with Crippen LogP contribution in [0.1, 0.15) is 96.0 Å². The number of hydrogen-bond acceptors (Lipinski definition) is 2. The Balaban J connectivity index is 1.86. The van der Waals surface area contributed by atoms with E-state index in [0.717, 1.165) is 17.8 Å². The van der Waals surface area contributed by atoms with Gasteiger partial charge in [0.1, 0.15) is 0 Å². The normalized spacial score (nSPS) is 11.0. The Bertz CT molecular complexity index is 401. The minimum Gasteiger partial charge on any atom is -0.399 e. The molecule has 132 valence electrons. The summed E-state index contributed by atoms with van der Waals surface area (Å²) in [5, 5.41) is 0. The quantitative estimate of drug-likeness (QED) is 0.304. The highest BCUT2D eigenvalue weighted by molar-refractivity contribution is 5.56. The Kier molecular flexibility index (Phi) is 11.5. The zero-order valence-electron chi connectivity index (χ0n) is 15.3. The Morgan fingerprint density at radius 1 is 0.652 bits per heavy atom. The molecule has 0 radical (unpaired) electrons. The molecule has 4 N–H and O–H groups in total. The molecule has 1 rings (SSSR count). The molecule has 1 aromatic rings. The minimum absolute atomic E-state index is 0.761. The third-order valence-electron chi connectivity index (χ3n) is 4.72. The van der Waals surface area contributed by atoms with Gasteiger partial charge >= 0.3 is 0 Å². The zero-order chi connectivity index (χ0) is 16.8. The van der Waals surface area contributed by atoms with E-state index in [1.165, 1.54) is 89.0 Å².